The Hall–Kier alpha value is -1.23. The van der Waals surface area contributed by atoms with E-state index in [1.165, 1.54) is 24.3 Å². The van der Waals surface area contributed by atoms with Gasteiger partial charge in [-0.1, -0.05) is 12.1 Å². The summed E-state index contributed by atoms with van der Waals surface area (Å²) in [5.41, 5.74) is 0.703. The van der Waals surface area contributed by atoms with Gasteiger partial charge in [-0.15, -0.1) is 13.2 Å². The fourth-order valence-corrected chi connectivity index (χ4v) is 0.976. The van der Waals surface area contributed by atoms with Gasteiger partial charge in [-0.05, 0) is 24.1 Å². The maximum Gasteiger partial charge on any atom is 0.573 e. The highest BCUT2D eigenvalue weighted by Crippen LogP contribution is 2.22. The molecule has 0 saturated heterocycles. The number of hydrogen-bond donors (Lipinski definition) is 0. The maximum absolute atomic E-state index is 11.7. The van der Waals surface area contributed by atoms with Crippen molar-refractivity contribution in [3.05, 3.63) is 29.8 Å². The molecule has 0 aliphatic carbocycles. The molecular weight excluding hydrogens is 197 g/mol. The summed E-state index contributed by atoms with van der Waals surface area (Å²) in [7, 11) is 0. The van der Waals surface area contributed by atoms with Crippen LogP contribution in [-0.2, 0) is 11.5 Å². The molecule has 0 aromatic heterocycles. The molecule has 77 valence electrons. The van der Waals surface area contributed by atoms with E-state index in [9.17, 15) is 18.3 Å². The molecule has 0 atom stereocenters. The molecule has 0 saturated carbocycles. The van der Waals surface area contributed by atoms with Crippen LogP contribution in [-0.4, -0.2) is 13.0 Å². The van der Waals surface area contributed by atoms with Crippen LogP contribution in [0.15, 0.2) is 24.3 Å². The minimum Gasteiger partial charge on any atom is -0.406 e. The lowest BCUT2D eigenvalue weighted by molar-refractivity contribution is -0.274. The van der Waals surface area contributed by atoms with Crippen molar-refractivity contribution in [3.63, 3.8) is 0 Å². The molecule has 0 bridgehead atoms. The van der Waals surface area contributed by atoms with Crippen molar-refractivity contribution in [2.24, 2.45) is 0 Å². The average Bonchev–Trinajstić information content (AvgIpc) is 2.06. The Morgan fingerprint density at radius 3 is 2.14 bits per heavy atom. The van der Waals surface area contributed by atoms with E-state index in [2.05, 4.69) is 4.74 Å². The molecule has 0 spiro atoms. The van der Waals surface area contributed by atoms with Crippen LogP contribution < -0.4 is 4.74 Å². The van der Waals surface area contributed by atoms with Gasteiger partial charge in [0.05, 0.1) is 6.61 Å². The zero-order valence-electron chi connectivity index (χ0n) is 7.17. The van der Waals surface area contributed by atoms with Gasteiger partial charge in [-0.3, -0.25) is 0 Å². The topological polar surface area (TPSA) is 29.1 Å². The second-order valence-corrected chi connectivity index (χ2v) is 2.65. The van der Waals surface area contributed by atoms with E-state index in [4.69, 9.17) is 0 Å². The fraction of sp³-hybridized carbons (Fsp3) is 0.333. The van der Waals surface area contributed by atoms with Gasteiger partial charge in [0.25, 0.3) is 0 Å². The van der Waals surface area contributed by atoms with Crippen molar-refractivity contribution in [3.8, 4) is 5.75 Å². The molecule has 2 nitrogen and oxygen atoms in total. The SMILES string of the molecule is [O]CCc1ccc(OC(F)(F)F)cc1. The van der Waals surface area contributed by atoms with E-state index in [0.717, 1.165) is 0 Å². The largest absolute Gasteiger partial charge is 0.573 e. The lowest BCUT2D eigenvalue weighted by Crippen LogP contribution is -2.17. The normalized spacial score (nSPS) is 11.4. The number of rotatable bonds is 3. The smallest absolute Gasteiger partial charge is 0.406 e. The minimum absolute atomic E-state index is 0.271. The molecule has 0 amide bonds. The molecule has 0 unspecified atom stereocenters. The van der Waals surface area contributed by atoms with Crippen LogP contribution in [0.4, 0.5) is 13.2 Å². The van der Waals surface area contributed by atoms with Gasteiger partial charge in [0.2, 0.25) is 0 Å². The van der Waals surface area contributed by atoms with E-state index in [1.807, 2.05) is 0 Å². The third kappa shape index (κ3) is 3.66. The van der Waals surface area contributed by atoms with Crippen molar-refractivity contribution in [2.45, 2.75) is 12.8 Å². The Labute approximate surface area is 78.9 Å². The quantitative estimate of drug-likeness (QED) is 0.745. The molecule has 14 heavy (non-hydrogen) atoms. The first-order valence-electron chi connectivity index (χ1n) is 3.94. The Bertz CT molecular complexity index is 279. The van der Waals surface area contributed by atoms with E-state index in [1.54, 1.807) is 0 Å². The second-order valence-electron chi connectivity index (χ2n) is 2.65. The maximum atomic E-state index is 11.7. The minimum atomic E-state index is -4.67. The molecular formula is C9H8F3O2. The predicted molar refractivity (Wildman–Crippen MR) is 42.4 cm³/mol. The predicted octanol–water partition coefficient (Wildman–Crippen LogP) is 2.56. The molecule has 5 heteroatoms. The Morgan fingerprint density at radius 1 is 1.14 bits per heavy atom. The first-order valence-corrected chi connectivity index (χ1v) is 3.94. The number of ether oxygens (including phenoxy) is 1. The molecule has 0 aliphatic heterocycles. The van der Waals surface area contributed by atoms with Gasteiger partial charge in [0.15, 0.2) is 0 Å². The molecule has 1 radical (unpaired) electrons. The first-order chi connectivity index (χ1) is 6.51. The van der Waals surface area contributed by atoms with Crippen LogP contribution in [0.25, 0.3) is 0 Å². The lowest BCUT2D eigenvalue weighted by Gasteiger charge is -2.08. The highest BCUT2D eigenvalue weighted by Gasteiger charge is 2.30. The van der Waals surface area contributed by atoms with Crippen molar-refractivity contribution >= 4 is 0 Å². The lowest BCUT2D eigenvalue weighted by atomic mass is 10.1. The number of benzene rings is 1. The summed E-state index contributed by atoms with van der Waals surface area (Å²) in [6.07, 6.45) is -4.35. The van der Waals surface area contributed by atoms with Crippen molar-refractivity contribution in [1.82, 2.24) is 0 Å². The molecule has 0 N–H and O–H groups in total. The van der Waals surface area contributed by atoms with E-state index in [0.29, 0.717) is 12.0 Å². The standard InChI is InChI=1S/C9H8F3O2/c10-9(11,12)14-8-3-1-7(2-4-8)5-6-13/h1-4H,5-6H2. The molecule has 0 heterocycles. The molecule has 0 fully saturated rings. The van der Waals surface area contributed by atoms with Crippen LogP contribution in [0, 0.1) is 0 Å². The zero-order chi connectivity index (χ0) is 10.6. The Kier molecular flexibility index (Phi) is 3.35. The van der Waals surface area contributed by atoms with E-state index >= 15 is 0 Å². The van der Waals surface area contributed by atoms with Crippen molar-refractivity contribution in [1.29, 1.82) is 0 Å². The summed E-state index contributed by atoms with van der Waals surface area (Å²) >= 11 is 0. The van der Waals surface area contributed by atoms with Gasteiger partial charge < -0.3 is 4.74 Å². The molecule has 1 aromatic rings. The van der Waals surface area contributed by atoms with Gasteiger partial charge in [0, 0.05) is 0 Å². The zero-order valence-corrected chi connectivity index (χ0v) is 7.17. The number of halogens is 3. The van der Waals surface area contributed by atoms with Gasteiger partial charge in [0.1, 0.15) is 5.75 Å². The third-order valence-electron chi connectivity index (χ3n) is 1.55. The fourth-order valence-electron chi connectivity index (χ4n) is 0.976. The van der Waals surface area contributed by atoms with Gasteiger partial charge in [-0.25, -0.2) is 5.11 Å². The van der Waals surface area contributed by atoms with Crippen molar-refractivity contribution < 1.29 is 23.0 Å². The summed E-state index contributed by atoms with van der Waals surface area (Å²) in [6.45, 7) is -0.278. The summed E-state index contributed by atoms with van der Waals surface area (Å²) in [5, 5.41) is 10.2. The highest BCUT2D eigenvalue weighted by atomic mass is 19.4. The molecule has 1 rings (SSSR count). The second kappa shape index (κ2) is 4.32. The number of alkyl halides is 3. The van der Waals surface area contributed by atoms with Crippen LogP contribution >= 0.6 is 0 Å². The van der Waals surface area contributed by atoms with Gasteiger partial charge >= 0.3 is 6.36 Å². The van der Waals surface area contributed by atoms with Gasteiger partial charge in [-0.2, -0.15) is 0 Å². The summed E-state index contributed by atoms with van der Waals surface area (Å²) in [5.74, 6) is -0.271. The van der Waals surface area contributed by atoms with E-state index in [-0.39, 0.29) is 12.4 Å². The van der Waals surface area contributed by atoms with Crippen LogP contribution in [0.3, 0.4) is 0 Å². The summed E-state index contributed by atoms with van der Waals surface area (Å²) < 4.78 is 38.8. The van der Waals surface area contributed by atoms with Crippen LogP contribution in [0.5, 0.6) is 5.75 Å². The highest BCUT2D eigenvalue weighted by molar-refractivity contribution is 5.27. The third-order valence-corrected chi connectivity index (χ3v) is 1.55. The molecule has 0 aliphatic rings. The molecule has 1 aromatic carbocycles. The Morgan fingerprint density at radius 2 is 1.71 bits per heavy atom. The summed E-state index contributed by atoms with van der Waals surface area (Å²) in [6, 6.07) is 5.27. The van der Waals surface area contributed by atoms with E-state index < -0.39 is 6.36 Å². The number of hydrogen-bond acceptors (Lipinski definition) is 1. The Balaban J connectivity index is 2.64. The van der Waals surface area contributed by atoms with Crippen LogP contribution in [0.2, 0.25) is 0 Å². The summed E-state index contributed by atoms with van der Waals surface area (Å²) in [4.78, 5) is 0. The van der Waals surface area contributed by atoms with Crippen LogP contribution in [0.1, 0.15) is 5.56 Å². The average molecular weight is 205 g/mol. The van der Waals surface area contributed by atoms with Crippen molar-refractivity contribution in [2.75, 3.05) is 6.61 Å². The first kappa shape index (κ1) is 10.8. The monoisotopic (exact) mass is 205 g/mol.